The minimum atomic E-state index is -5.06. The van der Waals surface area contributed by atoms with Crippen molar-refractivity contribution in [3.05, 3.63) is 130 Å². The highest BCUT2D eigenvalue weighted by atomic mass is 28.4. The average Bonchev–Trinajstić information content (AvgIpc) is 3.51. The van der Waals surface area contributed by atoms with E-state index in [1.165, 1.54) is 36.4 Å². The molecule has 0 spiro atoms. The van der Waals surface area contributed by atoms with Gasteiger partial charge in [-0.1, -0.05) is 134 Å². The van der Waals surface area contributed by atoms with E-state index in [-0.39, 0.29) is 21.1 Å². The molecule has 0 amide bonds. The Morgan fingerprint density at radius 1 is 0.790 bits per heavy atom. The van der Waals surface area contributed by atoms with E-state index in [9.17, 15) is 15.8 Å². The minimum Gasteiger partial charge on any atom is -0.465 e. The van der Waals surface area contributed by atoms with Crippen molar-refractivity contribution in [1.29, 1.82) is 15.8 Å². The summed E-state index contributed by atoms with van der Waals surface area (Å²) in [5, 5.41) is 29.5. The van der Waals surface area contributed by atoms with Crippen molar-refractivity contribution < 1.29 is 26.8 Å². The van der Waals surface area contributed by atoms with Gasteiger partial charge in [-0.05, 0) is 83.4 Å². The second kappa shape index (κ2) is 19.2. The maximum atomic E-state index is 15.2. The van der Waals surface area contributed by atoms with Gasteiger partial charge in [0.25, 0.3) is 5.60 Å². The lowest BCUT2D eigenvalue weighted by Gasteiger charge is -2.38. The first-order valence-corrected chi connectivity index (χ1v) is 26.9. The monoisotopic (exact) mass is 880 g/mol. The van der Waals surface area contributed by atoms with Crippen LogP contribution in [-0.2, 0) is 19.2 Å². The molecule has 62 heavy (non-hydrogen) atoms. The third-order valence-electron chi connectivity index (χ3n) is 12.6. The second-order valence-electron chi connectivity index (χ2n) is 19.9. The normalized spacial score (nSPS) is 19.3. The quantitative estimate of drug-likeness (QED) is 0.138. The molecule has 7 nitrogen and oxygen atoms in total. The number of benzene rings is 2. The fraction of sp³-hybridized carbons (Fsp3) is 0.460. The molecule has 0 aromatic heterocycles. The Morgan fingerprint density at radius 3 is 1.82 bits per heavy atom. The molecule has 4 rings (SSSR count). The number of nitriles is 3. The first kappa shape index (κ1) is 49.7. The summed E-state index contributed by atoms with van der Waals surface area (Å²) >= 11 is 0. The lowest BCUT2D eigenvalue weighted by Crippen LogP contribution is -2.44. The summed E-state index contributed by atoms with van der Waals surface area (Å²) in [4.78, 5) is 2.35. The van der Waals surface area contributed by atoms with Crippen LogP contribution in [0.15, 0.2) is 119 Å². The van der Waals surface area contributed by atoms with Crippen LogP contribution in [-0.4, -0.2) is 49.1 Å². The number of halogens is 3. The number of allylic oxidation sites excluding steroid dienone is 8. The van der Waals surface area contributed by atoms with Gasteiger partial charge in [-0.15, -0.1) is 0 Å². The SMILES string of the molecule is CC1(C)CC(/C=C/c2ccc(N(CCO[Si](C)(C)C(C)(C)C)CCO[Si](C)(C)C(C)(C)C)cc2)=CC(=C/C=C/C2=C(C#N)C(=C(C#N)C#N)OC2(c2ccccc2)C(F)(F)F)/C1. The van der Waals surface area contributed by atoms with E-state index in [4.69, 9.17) is 13.6 Å². The Bertz CT molecular complexity index is 2200. The van der Waals surface area contributed by atoms with Crippen molar-refractivity contribution in [2.75, 3.05) is 31.2 Å². The maximum Gasteiger partial charge on any atom is 0.437 e. The zero-order valence-electron chi connectivity index (χ0n) is 38.6. The number of ether oxygens (including phenoxy) is 1. The molecule has 1 heterocycles. The minimum absolute atomic E-state index is 0.121. The lowest BCUT2D eigenvalue weighted by atomic mass is 9.75. The van der Waals surface area contributed by atoms with Gasteiger partial charge in [0, 0.05) is 29.9 Å². The summed E-state index contributed by atoms with van der Waals surface area (Å²) < 4.78 is 64.4. The van der Waals surface area contributed by atoms with Crippen LogP contribution in [0.5, 0.6) is 0 Å². The van der Waals surface area contributed by atoms with E-state index >= 15 is 13.2 Å². The first-order valence-electron chi connectivity index (χ1n) is 21.1. The summed E-state index contributed by atoms with van der Waals surface area (Å²) in [5.41, 5.74) is -1.19. The topological polar surface area (TPSA) is 102 Å². The molecule has 12 heteroatoms. The predicted molar refractivity (Wildman–Crippen MR) is 248 cm³/mol. The van der Waals surface area contributed by atoms with E-state index < -0.39 is 50.9 Å². The van der Waals surface area contributed by atoms with Crippen molar-refractivity contribution in [1.82, 2.24) is 0 Å². The number of hydrogen-bond acceptors (Lipinski definition) is 7. The highest BCUT2D eigenvalue weighted by Gasteiger charge is 2.65. The van der Waals surface area contributed by atoms with Gasteiger partial charge in [-0.3, -0.25) is 0 Å². The molecule has 1 aliphatic carbocycles. The Labute approximate surface area is 370 Å². The fourth-order valence-electron chi connectivity index (χ4n) is 7.05. The van der Waals surface area contributed by atoms with Gasteiger partial charge >= 0.3 is 6.18 Å². The van der Waals surface area contributed by atoms with Crippen LogP contribution in [0.2, 0.25) is 36.3 Å². The molecular formula is C50H63F3N4O3Si2. The molecule has 0 saturated carbocycles. The number of anilines is 1. The largest absolute Gasteiger partial charge is 0.465 e. The van der Waals surface area contributed by atoms with Gasteiger partial charge in [0.1, 0.15) is 23.8 Å². The van der Waals surface area contributed by atoms with Crippen molar-refractivity contribution in [2.45, 2.75) is 116 Å². The Balaban J connectivity index is 1.63. The zero-order chi connectivity index (χ0) is 46.4. The lowest BCUT2D eigenvalue weighted by molar-refractivity contribution is -0.249. The standard InChI is InChI=1S/C50H63F3N4O3Si2/c1-46(2,3)61(9,10)58-29-27-57(28-30-59-62(11,12)47(4,5)6)42-25-23-37(24-26-42)21-22-39-31-38(32-48(7,8)33-39)17-16-20-44-43(36-56)45(40(34-54)35-55)60-49(44,50(51,52)53)41-18-14-13-15-19-41/h13-26,31H,27-30,32-33H2,1-12H3/b20-16+,22-21+,38-17-. The third-order valence-corrected chi connectivity index (χ3v) is 21.7. The summed E-state index contributed by atoms with van der Waals surface area (Å²) in [6, 6.07) is 20.4. The van der Waals surface area contributed by atoms with E-state index in [0.29, 0.717) is 19.6 Å². The van der Waals surface area contributed by atoms with Gasteiger partial charge in [-0.2, -0.15) is 29.0 Å². The smallest absolute Gasteiger partial charge is 0.437 e. The summed E-state index contributed by atoms with van der Waals surface area (Å²) in [5.74, 6) is -0.691. The molecule has 0 fully saturated rings. The van der Waals surface area contributed by atoms with Crippen molar-refractivity contribution in [3.8, 4) is 18.2 Å². The van der Waals surface area contributed by atoms with Crippen LogP contribution in [0.3, 0.4) is 0 Å². The molecule has 330 valence electrons. The molecule has 1 unspecified atom stereocenters. The Morgan fingerprint density at radius 2 is 1.34 bits per heavy atom. The number of nitrogens with zero attached hydrogens (tertiary/aromatic N) is 4. The van der Waals surface area contributed by atoms with Crippen molar-refractivity contribution in [3.63, 3.8) is 0 Å². The van der Waals surface area contributed by atoms with Gasteiger partial charge in [0.2, 0.25) is 0 Å². The van der Waals surface area contributed by atoms with Crippen LogP contribution in [0, 0.1) is 39.4 Å². The molecular weight excluding hydrogens is 818 g/mol. The van der Waals surface area contributed by atoms with E-state index in [1.54, 1.807) is 30.4 Å². The molecule has 0 saturated heterocycles. The number of alkyl halides is 3. The summed E-state index contributed by atoms with van der Waals surface area (Å²) in [7, 11) is -3.83. The van der Waals surface area contributed by atoms with Crippen LogP contribution in [0.25, 0.3) is 6.08 Å². The van der Waals surface area contributed by atoms with Crippen LogP contribution in [0.1, 0.15) is 79.4 Å². The van der Waals surface area contributed by atoms with Gasteiger partial charge in [0.15, 0.2) is 28.0 Å². The van der Waals surface area contributed by atoms with Crippen molar-refractivity contribution in [2.24, 2.45) is 5.41 Å². The molecule has 2 aromatic rings. The molecule has 2 aliphatic rings. The summed E-state index contributed by atoms with van der Waals surface area (Å²) in [6.45, 7) is 29.7. The third kappa shape index (κ3) is 11.6. The molecule has 0 bridgehead atoms. The number of rotatable bonds is 14. The molecule has 1 aliphatic heterocycles. The molecule has 0 N–H and O–H groups in total. The average molecular weight is 881 g/mol. The van der Waals surface area contributed by atoms with E-state index in [0.717, 1.165) is 41.9 Å². The van der Waals surface area contributed by atoms with Crippen LogP contribution in [0.4, 0.5) is 18.9 Å². The van der Waals surface area contributed by atoms with E-state index in [2.05, 4.69) is 123 Å². The highest BCUT2D eigenvalue weighted by molar-refractivity contribution is 6.74. The summed E-state index contributed by atoms with van der Waals surface area (Å²) in [6.07, 6.45) is 7.03. The molecule has 1 atom stereocenters. The number of hydrogen-bond donors (Lipinski definition) is 0. The maximum absolute atomic E-state index is 15.2. The van der Waals surface area contributed by atoms with Crippen LogP contribution < -0.4 is 4.90 Å². The van der Waals surface area contributed by atoms with Gasteiger partial charge in [0.05, 0.1) is 13.2 Å². The van der Waals surface area contributed by atoms with Gasteiger partial charge in [-0.25, -0.2) is 0 Å². The first-order chi connectivity index (χ1) is 28.7. The Hall–Kier alpha value is -4.91. The predicted octanol–water partition coefficient (Wildman–Crippen LogP) is 13.4. The highest BCUT2D eigenvalue weighted by Crippen LogP contribution is 2.56. The zero-order valence-corrected chi connectivity index (χ0v) is 40.6. The Kier molecular flexibility index (Phi) is 15.4. The van der Waals surface area contributed by atoms with Crippen LogP contribution >= 0.6 is 0 Å². The molecule has 2 aromatic carbocycles. The van der Waals surface area contributed by atoms with Crippen molar-refractivity contribution >= 4 is 28.4 Å². The second-order valence-corrected chi connectivity index (χ2v) is 29.6. The molecule has 0 radical (unpaired) electrons. The van der Waals surface area contributed by atoms with Gasteiger partial charge < -0.3 is 18.5 Å². The fourth-order valence-corrected chi connectivity index (χ4v) is 9.12. The van der Waals surface area contributed by atoms with E-state index in [1.807, 2.05) is 6.08 Å².